The Morgan fingerprint density at radius 1 is 1.53 bits per heavy atom. The molecule has 1 N–H and O–H groups in total. The molecule has 0 aromatic heterocycles. The first kappa shape index (κ1) is 14.5. The second-order valence-corrected chi connectivity index (χ2v) is 4.51. The molecule has 0 aromatic carbocycles. The topological polar surface area (TPSA) is 47.6 Å². The van der Waals surface area contributed by atoms with Crippen LogP contribution in [0.15, 0.2) is 0 Å². The van der Waals surface area contributed by atoms with Crippen molar-refractivity contribution < 1.29 is 14.3 Å². The SMILES string of the molecule is CCCCN[C@H](C(=O)OCC)[C@@H]1CCCOC1. The van der Waals surface area contributed by atoms with E-state index in [1.54, 1.807) is 0 Å². The van der Waals surface area contributed by atoms with Gasteiger partial charge in [-0.1, -0.05) is 13.3 Å². The summed E-state index contributed by atoms with van der Waals surface area (Å²) >= 11 is 0. The molecule has 0 radical (unpaired) electrons. The number of carbonyl (C=O) groups excluding carboxylic acids is 1. The monoisotopic (exact) mass is 243 g/mol. The molecule has 1 saturated heterocycles. The van der Waals surface area contributed by atoms with Crippen LogP contribution in [0.4, 0.5) is 0 Å². The molecule has 1 fully saturated rings. The second kappa shape index (κ2) is 8.48. The Balaban J connectivity index is 2.47. The predicted octanol–water partition coefficient (Wildman–Crippen LogP) is 1.73. The van der Waals surface area contributed by atoms with E-state index in [2.05, 4.69) is 12.2 Å². The summed E-state index contributed by atoms with van der Waals surface area (Å²) in [4.78, 5) is 11.9. The molecule has 100 valence electrons. The van der Waals surface area contributed by atoms with E-state index in [1.165, 1.54) is 0 Å². The maximum atomic E-state index is 11.9. The van der Waals surface area contributed by atoms with Gasteiger partial charge in [-0.25, -0.2) is 0 Å². The predicted molar refractivity (Wildman–Crippen MR) is 66.9 cm³/mol. The third-order valence-electron chi connectivity index (χ3n) is 3.10. The first-order chi connectivity index (χ1) is 8.29. The fourth-order valence-corrected chi connectivity index (χ4v) is 2.14. The van der Waals surface area contributed by atoms with Gasteiger partial charge in [-0.15, -0.1) is 0 Å². The number of hydrogen-bond acceptors (Lipinski definition) is 4. The summed E-state index contributed by atoms with van der Waals surface area (Å²) in [6.07, 6.45) is 4.30. The highest BCUT2D eigenvalue weighted by Gasteiger charge is 2.30. The number of unbranched alkanes of at least 4 members (excludes halogenated alkanes) is 1. The Morgan fingerprint density at radius 2 is 2.35 bits per heavy atom. The van der Waals surface area contributed by atoms with Gasteiger partial charge in [0.15, 0.2) is 0 Å². The van der Waals surface area contributed by atoms with Crippen LogP contribution in [0, 0.1) is 5.92 Å². The third kappa shape index (κ3) is 5.04. The molecule has 0 saturated carbocycles. The average molecular weight is 243 g/mol. The van der Waals surface area contributed by atoms with Gasteiger partial charge in [-0.2, -0.15) is 0 Å². The minimum absolute atomic E-state index is 0.126. The molecular formula is C13H25NO3. The van der Waals surface area contributed by atoms with E-state index in [0.29, 0.717) is 13.2 Å². The van der Waals surface area contributed by atoms with Crippen molar-refractivity contribution in [2.24, 2.45) is 5.92 Å². The van der Waals surface area contributed by atoms with E-state index in [-0.39, 0.29) is 17.9 Å². The van der Waals surface area contributed by atoms with E-state index >= 15 is 0 Å². The smallest absolute Gasteiger partial charge is 0.323 e. The van der Waals surface area contributed by atoms with Crippen LogP contribution in [0.25, 0.3) is 0 Å². The lowest BCUT2D eigenvalue weighted by atomic mass is 9.93. The second-order valence-electron chi connectivity index (χ2n) is 4.51. The lowest BCUT2D eigenvalue weighted by Gasteiger charge is -2.29. The van der Waals surface area contributed by atoms with E-state index in [4.69, 9.17) is 9.47 Å². The van der Waals surface area contributed by atoms with Crippen molar-refractivity contribution in [3.63, 3.8) is 0 Å². The van der Waals surface area contributed by atoms with Gasteiger partial charge in [0.05, 0.1) is 13.2 Å². The number of nitrogens with one attached hydrogen (secondary N) is 1. The van der Waals surface area contributed by atoms with Crippen molar-refractivity contribution in [1.29, 1.82) is 0 Å². The number of rotatable bonds is 7. The molecule has 4 heteroatoms. The Kier molecular flexibility index (Phi) is 7.21. The number of ether oxygens (including phenoxy) is 2. The normalized spacial score (nSPS) is 22.1. The lowest BCUT2D eigenvalue weighted by Crippen LogP contribution is -2.47. The summed E-state index contributed by atoms with van der Waals surface area (Å²) in [5.41, 5.74) is 0. The molecule has 0 aliphatic carbocycles. The molecule has 0 amide bonds. The van der Waals surface area contributed by atoms with Crippen LogP contribution in [0.5, 0.6) is 0 Å². The quantitative estimate of drug-likeness (QED) is 0.546. The minimum atomic E-state index is -0.193. The Morgan fingerprint density at radius 3 is 2.94 bits per heavy atom. The standard InChI is InChI=1S/C13H25NO3/c1-3-5-8-14-12(13(15)17-4-2)11-7-6-9-16-10-11/h11-12,14H,3-10H2,1-2H3/t11-,12+/m1/s1. The molecule has 0 aromatic rings. The molecule has 2 atom stereocenters. The molecule has 4 nitrogen and oxygen atoms in total. The average Bonchev–Trinajstić information content (AvgIpc) is 2.36. The van der Waals surface area contributed by atoms with Crippen molar-refractivity contribution >= 4 is 5.97 Å². The summed E-state index contributed by atoms with van der Waals surface area (Å²) in [5.74, 6) is 0.138. The molecule has 1 aliphatic rings. The highest BCUT2D eigenvalue weighted by molar-refractivity contribution is 5.76. The highest BCUT2D eigenvalue weighted by Crippen LogP contribution is 2.18. The maximum absolute atomic E-state index is 11.9. The first-order valence-corrected chi connectivity index (χ1v) is 6.77. The summed E-state index contributed by atoms with van der Waals surface area (Å²) < 4.78 is 10.6. The molecule has 0 unspecified atom stereocenters. The summed E-state index contributed by atoms with van der Waals surface area (Å²) in [6.45, 7) is 6.79. The largest absolute Gasteiger partial charge is 0.465 e. The van der Waals surface area contributed by atoms with Gasteiger partial charge in [0, 0.05) is 12.5 Å². The highest BCUT2D eigenvalue weighted by atomic mass is 16.5. The van der Waals surface area contributed by atoms with Crippen molar-refractivity contribution in [2.75, 3.05) is 26.4 Å². The molecule has 1 aliphatic heterocycles. The van der Waals surface area contributed by atoms with Gasteiger partial charge in [0.1, 0.15) is 6.04 Å². The zero-order valence-corrected chi connectivity index (χ0v) is 11.0. The summed E-state index contributed by atoms with van der Waals surface area (Å²) in [6, 6.07) is -0.193. The molecule has 1 heterocycles. The Hall–Kier alpha value is -0.610. The zero-order chi connectivity index (χ0) is 12.5. The van der Waals surface area contributed by atoms with Crippen molar-refractivity contribution in [1.82, 2.24) is 5.32 Å². The number of carbonyl (C=O) groups is 1. The van der Waals surface area contributed by atoms with Crippen molar-refractivity contribution in [2.45, 2.75) is 45.6 Å². The fraction of sp³-hybridized carbons (Fsp3) is 0.923. The van der Waals surface area contributed by atoms with E-state index < -0.39 is 0 Å². The fourth-order valence-electron chi connectivity index (χ4n) is 2.14. The van der Waals surface area contributed by atoms with Gasteiger partial charge in [0.25, 0.3) is 0 Å². The van der Waals surface area contributed by atoms with Crippen molar-refractivity contribution in [3.05, 3.63) is 0 Å². The van der Waals surface area contributed by atoms with Crippen LogP contribution in [-0.4, -0.2) is 38.4 Å². The molecule has 0 bridgehead atoms. The van der Waals surface area contributed by atoms with Gasteiger partial charge in [-0.05, 0) is 32.7 Å². The van der Waals surface area contributed by atoms with Gasteiger partial charge in [-0.3, -0.25) is 4.79 Å². The van der Waals surface area contributed by atoms with E-state index in [0.717, 1.165) is 38.8 Å². The molecule has 0 spiro atoms. The van der Waals surface area contributed by atoms with Crippen LogP contribution in [0.1, 0.15) is 39.5 Å². The summed E-state index contributed by atoms with van der Waals surface area (Å²) in [7, 11) is 0. The van der Waals surface area contributed by atoms with Crippen LogP contribution in [0.2, 0.25) is 0 Å². The van der Waals surface area contributed by atoms with Crippen LogP contribution in [-0.2, 0) is 14.3 Å². The molecular weight excluding hydrogens is 218 g/mol. The number of hydrogen-bond donors (Lipinski definition) is 1. The third-order valence-corrected chi connectivity index (χ3v) is 3.10. The summed E-state index contributed by atoms with van der Waals surface area (Å²) in [5, 5.41) is 3.32. The maximum Gasteiger partial charge on any atom is 0.323 e. The number of esters is 1. The van der Waals surface area contributed by atoms with Gasteiger partial charge < -0.3 is 14.8 Å². The van der Waals surface area contributed by atoms with Gasteiger partial charge >= 0.3 is 5.97 Å². The van der Waals surface area contributed by atoms with Crippen LogP contribution < -0.4 is 5.32 Å². The molecule has 1 rings (SSSR count). The van der Waals surface area contributed by atoms with Gasteiger partial charge in [0.2, 0.25) is 0 Å². The molecule has 17 heavy (non-hydrogen) atoms. The zero-order valence-electron chi connectivity index (χ0n) is 11.0. The lowest BCUT2D eigenvalue weighted by molar-refractivity contribution is -0.148. The van der Waals surface area contributed by atoms with Crippen molar-refractivity contribution in [3.8, 4) is 0 Å². The van der Waals surface area contributed by atoms with Crippen LogP contribution in [0.3, 0.4) is 0 Å². The first-order valence-electron chi connectivity index (χ1n) is 6.77. The Bertz CT molecular complexity index is 215. The van der Waals surface area contributed by atoms with Crippen LogP contribution >= 0.6 is 0 Å². The Labute approximate surface area is 104 Å². The van der Waals surface area contributed by atoms with E-state index in [9.17, 15) is 4.79 Å². The minimum Gasteiger partial charge on any atom is -0.465 e. The van der Waals surface area contributed by atoms with E-state index in [1.807, 2.05) is 6.92 Å².